The summed E-state index contributed by atoms with van der Waals surface area (Å²) in [7, 11) is 0. The topological polar surface area (TPSA) is 54.9 Å². The molecule has 0 amide bonds. The summed E-state index contributed by atoms with van der Waals surface area (Å²) >= 11 is 1.46. The lowest BCUT2D eigenvalue weighted by atomic mass is 10.1. The van der Waals surface area contributed by atoms with Crippen molar-refractivity contribution >= 4 is 21.7 Å². The van der Waals surface area contributed by atoms with Gasteiger partial charge in [0.25, 0.3) is 0 Å². The Labute approximate surface area is 90.2 Å². The Balaban J connectivity index is 3.04. The van der Waals surface area contributed by atoms with Crippen LogP contribution in [0.3, 0.4) is 0 Å². The number of aromatic nitrogens is 2. The number of fused-ring (bicyclic) bond motifs is 1. The van der Waals surface area contributed by atoms with E-state index in [4.69, 9.17) is 0 Å². The summed E-state index contributed by atoms with van der Waals surface area (Å²) in [6, 6.07) is 1.81. The zero-order valence-electron chi connectivity index (χ0n) is 8.83. The third-order valence-electron chi connectivity index (χ3n) is 2.16. The van der Waals surface area contributed by atoms with Crippen LogP contribution in [0.4, 0.5) is 0 Å². The monoisotopic (exact) mass is 224 g/mol. The van der Waals surface area contributed by atoms with Gasteiger partial charge in [-0.25, -0.2) is 0 Å². The Hall–Kier alpha value is -1.36. The smallest absolute Gasteiger partial charge is 0.315 e. The van der Waals surface area contributed by atoms with Crippen LogP contribution in [-0.4, -0.2) is 9.55 Å². The maximum absolute atomic E-state index is 11.8. The first kappa shape index (κ1) is 10.2. The highest BCUT2D eigenvalue weighted by Gasteiger charge is 2.19. The van der Waals surface area contributed by atoms with Crippen molar-refractivity contribution in [2.45, 2.75) is 26.3 Å². The molecule has 0 saturated carbocycles. The molecule has 0 aromatic carbocycles. The van der Waals surface area contributed by atoms with Crippen LogP contribution in [0.1, 0.15) is 20.8 Å². The van der Waals surface area contributed by atoms with Gasteiger partial charge in [0.1, 0.15) is 4.83 Å². The van der Waals surface area contributed by atoms with Crippen LogP contribution >= 0.6 is 11.3 Å². The minimum atomic E-state index is -0.559. The van der Waals surface area contributed by atoms with Gasteiger partial charge in [0, 0.05) is 5.54 Å². The second kappa shape index (κ2) is 3.06. The Kier molecular flexibility index (Phi) is 2.08. The SMILES string of the molecule is CC(C)(C)n1c(=O)c(=O)[nH]c2ccsc21. The standard InChI is InChI=1S/C10H12N2O2S/c1-10(2,3)12-8(14)7(13)11-6-4-5-15-9(6)12/h4-5H,1-3H3,(H,11,13). The average molecular weight is 224 g/mol. The lowest BCUT2D eigenvalue weighted by Gasteiger charge is -2.22. The molecule has 2 rings (SSSR count). The van der Waals surface area contributed by atoms with Crippen LogP contribution in [0.5, 0.6) is 0 Å². The van der Waals surface area contributed by atoms with E-state index in [0.29, 0.717) is 0 Å². The molecule has 0 radical (unpaired) electrons. The molecule has 0 aliphatic heterocycles. The van der Waals surface area contributed by atoms with Crippen molar-refractivity contribution in [1.29, 1.82) is 0 Å². The van der Waals surface area contributed by atoms with Gasteiger partial charge in [-0.05, 0) is 32.2 Å². The molecule has 80 valence electrons. The molecule has 0 bridgehead atoms. The van der Waals surface area contributed by atoms with Gasteiger partial charge in [0.05, 0.1) is 5.52 Å². The molecule has 1 N–H and O–H groups in total. The molecule has 0 unspecified atom stereocenters. The molecular weight excluding hydrogens is 212 g/mol. The first-order chi connectivity index (χ1) is 6.91. The molecule has 0 aliphatic rings. The summed E-state index contributed by atoms with van der Waals surface area (Å²) in [5.74, 6) is 0. The van der Waals surface area contributed by atoms with Crippen LogP contribution in [-0.2, 0) is 5.54 Å². The maximum Gasteiger partial charge on any atom is 0.317 e. The van der Waals surface area contributed by atoms with Crippen molar-refractivity contribution in [2.75, 3.05) is 0 Å². The predicted octanol–water partition coefficient (Wildman–Crippen LogP) is 1.51. The molecule has 0 fully saturated rings. The zero-order chi connectivity index (χ0) is 11.2. The molecule has 4 nitrogen and oxygen atoms in total. The number of thiophene rings is 1. The molecule has 0 aliphatic carbocycles. The molecule has 2 heterocycles. The van der Waals surface area contributed by atoms with Crippen LogP contribution in [0.15, 0.2) is 21.0 Å². The highest BCUT2D eigenvalue weighted by atomic mass is 32.1. The highest BCUT2D eigenvalue weighted by molar-refractivity contribution is 7.16. The summed E-state index contributed by atoms with van der Waals surface area (Å²) in [4.78, 5) is 26.6. The highest BCUT2D eigenvalue weighted by Crippen LogP contribution is 2.21. The Morgan fingerprint density at radius 1 is 1.33 bits per heavy atom. The molecule has 2 aromatic rings. The van der Waals surface area contributed by atoms with Gasteiger partial charge in [0.2, 0.25) is 0 Å². The fraction of sp³-hybridized carbons (Fsp3) is 0.400. The number of hydrogen-bond acceptors (Lipinski definition) is 3. The third kappa shape index (κ3) is 1.52. The van der Waals surface area contributed by atoms with E-state index >= 15 is 0 Å². The second-order valence-corrected chi connectivity index (χ2v) is 5.30. The first-order valence-corrected chi connectivity index (χ1v) is 5.52. The molecule has 15 heavy (non-hydrogen) atoms. The lowest BCUT2D eigenvalue weighted by molar-refractivity contribution is 0.397. The maximum atomic E-state index is 11.8. The van der Waals surface area contributed by atoms with Crippen LogP contribution in [0, 0.1) is 0 Å². The summed E-state index contributed by atoms with van der Waals surface area (Å²) in [6.07, 6.45) is 0. The summed E-state index contributed by atoms with van der Waals surface area (Å²) in [5.41, 5.74) is -0.707. The Bertz CT molecular complexity index is 613. The molecule has 0 saturated heterocycles. The van der Waals surface area contributed by atoms with E-state index in [0.717, 1.165) is 10.3 Å². The quantitative estimate of drug-likeness (QED) is 0.689. The molecular formula is C10H12N2O2S. The van der Waals surface area contributed by atoms with Gasteiger partial charge >= 0.3 is 11.1 Å². The number of hydrogen-bond donors (Lipinski definition) is 1. The molecule has 0 atom stereocenters. The number of nitrogens with one attached hydrogen (secondary N) is 1. The lowest BCUT2D eigenvalue weighted by Crippen LogP contribution is -2.42. The predicted molar refractivity (Wildman–Crippen MR) is 61.7 cm³/mol. The van der Waals surface area contributed by atoms with E-state index in [-0.39, 0.29) is 5.54 Å². The summed E-state index contributed by atoms with van der Waals surface area (Å²) in [5, 5.41) is 1.86. The molecule has 0 spiro atoms. The van der Waals surface area contributed by atoms with Crippen molar-refractivity contribution < 1.29 is 0 Å². The van der Waals surface area contributed by atoms with Gasteiger partial charge in [-0.3, -0.25) is 14.2 Å². The van der Waals surface area contributed by atoms with Gasteiger partial charge in [-0.2, -0.15) is 0 Å². The fourth-order valence-corrected chi connectivity index (χ4v) is 2.59. The van der Waals surface area contributed by atoms with E-state index in [1.807, 2.05) is 32.2 Å². The molecule has 5 heteroatoms. The second-order valence-electron chi connectivity index (χ2n) is 4.40. The van der Waals surface area contributed by atoms with Crippen molar-refractivity contribution in [3.8, 4) is 0 Å². The number of nitrogens with zero attached hydrogens (tertiary/aromatic N) is 1. The summed E-state index contributed by atoms with van der Waals surface area (Å²) < 4.78 is 1.55. The first-order valence-electron chi connectivity index (χ1n) is 4.64. The summed E-state index contributed by atoms with van der Waals surface area (Å²) in [6.45, 7) is 5.73. The minimum absolute atomic E-state index is 0.381. The van der Waals surface area contributed by atoms with Gasteiger partial charge in [0.15, 0.2) is 0 Å². The zero-order valence-corrected chi connectivity index (χ0v) is 9.64. The largest absolute Gasteiger partial charge is 0.317 e. The van der Waals surface area contributed by atoms with Crippen molar-refractivity contribution in [3.63, 3.8) is 0 Å². The van der Waals surface area contributed by atoms with E-state index in [9.17, 15) is 9.59 Å². The average Bonchev–Trinajstić information content (AvgIpc) is 2.50. The van der Waals surface area contributed by atoms with Crippen molar-refractivity contribution in [1.82, 2.24) is 9.55 Å². The Morgan fingerprint density at radius 2 is 2.00 bits per heavy atom. The fourth-order valence-electron chi connectivity index (χ4n) is 1.55. The number of rotatable bonds is 0. The van der Waals surface area contributed by atoms with Crippen molar-refractivity contribution in [3.05, 3.63) is 32.2 Å². The number of H-pyrrole nitrogens is 1. The van der Waals surface area contributed by atoms with Crippen LogP contribution in [0.25, 0.3) is 10.3 Å². The van der Waals surface area contributed by atoms with Crippen LogP contribution < -0.4 is 11.1 Å². The number of aromatic amines is 1. The van der Waals surface area contributed by atoms with Crippen molar-refractivity contribution in [2.24, 2.45) is 0 Å². The van der Waals surface area contributed by atoms with Gasteiger partial charge in [-0.1, -0.05) is 0 Å². The van der Waals surface area contributed by atoms with Gasteiger partial charge < -0.3 is 4.98 Å². The minimum Gasteiger partial charge on any atom is -0.315 e. The molecule has 2 aromatic heterocycles. The van der Waals surface area contributed by atoms with E-state index < -0.39 is 11.1 Å². The van der Waals surface area contributed by atoms with E-state index in [1.54, 1.807) is 4.57 Å². The van der Waals surface area contributed by atoms with E-state index in [2.05, 4.69) is 4.98 Å². The van der Waals surface area contributed by atoms with Crippen LogP contribution in [0.2, 0.25) is 0 Å². The van der Waals surface area contributed by atoms with E-state index in [1.165, 1.54) is 11.3 Å². The normalized spacial score (nSPS) is 12.2. The van der Waals surface area contributed by atoms with Gasteiger partial charge in [-0.15, -0.1) is 11.3 Å². The third-order valence-corrected chi connectivity index (χ3v) is 3.06. The Morgan fingerprint density at radius 3 is 2.60 bits per heavy atom.